The number of ether oxygens (including phenoxy) is 1. The molecule has 0 bridgehead atoms. The van der Waals surface area contributed by atoms with Crippen LogP contribution in [0.25, 0.3) is 0 Å². The van der Waals surface area contributed by atoms with Crippen LogP contribution < -0.4 is 15.6 Å². The molecule has 0 radical (unpaired) electrons. The highest BCUT2D eigenvalue weighted by atomic mass is 16.5. The van der Waals surface area contributed by atoms with Crippen LogP contribution >= 0.6 is 0 Å². The van der Waals surface area contributed by atoms with Gasteiger partial charge >= 0.3 is 5.97 Å². The number of aliphatic carboxylic acids is 1. The molecule has 2 aliphatic rings. The lowest BCUT2D eigenvalue weighted by molar-refractivity contribution is -0.145. The number of nitrogens with one attached hydrogen (secondary N) is 2. The van der Waals surface area contributed by atoms with E-state index in [1.165, 1.54) is 11.1 Å². The molecule has 1 saturated carbocycles. The molecule has 1 saturated heterocycles. The fourth-order valence-electron chi connectivity index (χ4n) is 3.77. The van der Waals surface area contributed by atoms with Gasteiger partial charge in [0, 0.05) is 13.0 Å². The highest BCUT2D eigenvalue weighted by Crippen LogP contribution is 2.41. The number of carbonyl (C=O) groups is 1. The molecule has 1 aliphatic heterocycles. The van der Waals surface area contributed by atoms with Crippen LogP contribution in [0.4, 0.5) is 0 Å². The van der Waals surface area contributed by atoms with Crippen molar-refractivity contribution in [2.75, 3.05) is 13.2 Å². The summed E-state index contributed by atoms with van der Waals surface area (Å²) in [5.74, 6) is 0.314. The van der Waals surface area contributed by atoms with Gasteiger partial charge in [0.2, 0.25) is 0 Å². The number of hydrogen-bond acceptors (Lipinski definition) is 5. The molecule has 6 heteroatoms. The van der Waals surface area contributed by atoms with Crippen molar-refractivity contribution in [2.45, 2.75) is 37.6 Å². The van der Waals surface area contributed by atoms with Gasteiger partial charge in [-0.1, -0.05) is 24.3 Å². The van der Waals surface area contributed by atoms with Gasteiger partial charge in [-0.15, -0.1) is 0 Å². The molecule has 0 amide bonds. The minimum Gasteiger partial charge on any atom is -0.492 e. The fraction of sp³-hybridized carbons (Fsp3) is 0.429. The molecule has 1 unspecified atom stereocenters. The predicted molar refractivity (Wildman–Crippen MR) is 101 cm³/mol. The number of hydrazine groups is 1. The maximum Gasteiger partial charge on any atom is 0.306 e. The summed E-state index contributed by atoms with van der Waals surface area (Å²) in [6.07, 6.45) is 5.14. The summed E-state index contributed by atoms with van der Waals surface area (Å²) in [6.45, 7) is 1.55. The summed E-state index contributed by atoms with van der Waals surface area (Å²) in [5.41, 5.74) is 9.81. The third-order valence-corrected chi connectivity index (χ3v) is 5.52. The molecular formula is C21H25N3O3. The molecule has 142 valence electrons. The van der Waals surface area contributed by atoms with Gasteiger partial charge in [-0.3, -0.25) is 15.2 Å². The zero-order valence-corrected chi connectivity index (χ0v) is 15.2. The van der Waals surface area contributed by atoms with Crippen LogP contribution in [-0.4, -0.2) is 29.2 Å². The van der Waals surface area contributed by atoms with Crippen molar-refractivity contribution >= 4 is 5.97 Å². The molecule has 3 N–H and O–H groups in total. The second-order valence-electron chi connectivity index (χ2n) is 7.38. The number of pyridine rings is 1. The minimum atomic E-state index is -0.671. The first-order chi connectivity index (χ1) is 13.2. The van der Waals surface area contributed by atoms with Crippen molar-refractivity contribution in [1.29, 1.82) is 0 Å². The average Bonchev–Trinajstić information content (AvgIpc) is 3.16. The molecule has 0 spiro atoms. The van der Waals surface area contributed by atoms with Crippen molar-refractivity contribution in [3.8, 4) is 5.75 Å². The minimum absolute atomic E-state index is 0.173. The standard InChI is InChI=1S/C21H25N3O3/c25-21(26)17-11-16(12-17)15-3-1-2-14(10-15)7-9-27-18-4-5-19(22-13-18)20-6-8-23-24-20/h1-5,10,13,16-17,20,23-24H,6-9,11-12H2,(H,25,26). The smallest absolute Gasteiger partial charge is 0.306 e. The van der Waals surface area contributed by atoms with E-state index in [1.54, 1.807) is 6.20 Å². The van der Waals surface area contributed by atoms with E-state index >= 15 is 0 Å². The molecule has 6 nitrogen and oxygen atoms in total. The van der Waals surface area contributed by atoms with E-state index in [0.29, 0.717) is 12.5 Å². The summed E-state index contributed by atoms with van der Waals surface area (Å²) in [4.78, 5) is 15.5. The summed E-state index contributed by atoms with van der Waals surface area (Å²) in [5, 5.41) is 9.03. The molecule has 1 aromatic carbocycles. The Bertz CT molecular complexity index is 782. The third-order valence-electron chi connectivity index (χ3n) is 5.52. The van der Waals surface area contributed by atoms with Gasteiger partial charge in [0.1, 0.15) is 5.75 Å². The molecule has 27 heavy (non-hydrogen) atoms. The number of aromatic nitrogens is 1. The quantitative estimate of drug-likeness (QED) is 0.698. The summed E-state index contributed by atoms with van der Waals surface area (Å²) < 4.78 is 5.84. The third kappa shape index (κ3) is 4.28. The molecule has 4 rings (SSSR count). The van der Waals surface area contributed by atoms with Gasteiger partial charge < -0.3 is 9.84 Å². The Balaban J connectivity index is 1.27. The molecule has 2 fully saturated rings. The second kappa shape index (κ2) is 8.06. The lowest BCUT2D eigenvalue weighted by Crippen LogP contribution is -2.28. The normalized spacial score (nSPS) is 24.4. The molecular weight excluding hydrogens is 342 g/mol. The Hall–Kier alpha value is -2.44. The fourth-order valence-corrected chi connectivity index (χ4v) is 3.77. The van der Waals surface area contributed by atoms with E-state index in [4.69, 9.17) is 9.84 Å². The van der Waals surface area contributed by atoms with Crippen LogP contribution in [0.15, 0.2) is 42.6 Å². The zero-order chi connectivity index (χ0) is 18.6. The van der Waals surface area contributed by atoms with Crippen molar-refractivity contribution in [3.63, 3.8) is 0 Å². The SMILES string of the molecule is O=C(O)C1CC(c2cccc(CCOc3ccc(C4CCNN4)nc3)c2)C1. The van der Waals surface area contributed by atoms with E-state index in [-0.39, 0.29) is 12.0 Å². The zero-order valence-electron chi connectivity index (χ0n) is 15.2. The highest BCUT2D eigenvalue weighted by molar-refractivity contribution is 5.71. The van der Waals surface area contributed by atoms with Crippen LogP contribution in [0.5, 0.6) is 5.75 Å². The number of benzene rings is 1. The maximum atomic E-state index is 11.0. The van der Waals surface area contributed by atoms with Crippen LogP contribution in [0.3, 0.4) is 0 Å². The highest BCUT2D eigenvalue weighted by Gasteiger charge is 2.35. The number of carboxylic acids is 1. The van der Waals surface area contributed by atoms with E-state index in [2.05, 4.69) is 40.1 Å². The van der Waals surface area contributed by atoms with Gasteiger partial charge in [0.15, 0.2) is 0 Å². The number of carboxylic acid groups (broad SMARTS) is 1. The van der Waals surface area contributed by atoms with Gasteiger partial charge in [0.25, 0.3) is 0 Å². The Morgan fingerprint density at radius 1 is 1.26 bits per heavy atom. The average molecular weight is 367 g/mol. The van der Waals surface area contributed by atoms with E-state index in [1.807, 2.05) is 12.1 Å². The molecule has 1 atom stereocenters. The van der Waals surface area contributed by atoms with Gasteiger partial charge in [-0.2, -0.15) is 0 Å². The van der Waals surface area contributed by atoms with E-state index in [9.17, 15) is 4.79 Å². The Kier molecular flexibility index (Phi) is 5.36. The lowest BCUT2D eigenvalue weighted by Gasteiger charge is -2.32. The number of hydrogen-bond donors (Lipinski definition) is 3. The lowest BCUT2D eigenvalue weighted by atomic mass is 9.71. The van der Waals surface area contributed by atoms with E-state index < -0.39 is 5.97 Å². The summed E-state index contributed by atoms with van der Waals surface area (Å²) >= 11 is 0. The van der Waals surface area contributed by atoms with Crippen LogP contribution in [0.2, 0.25) is 0 Å². The molecule has 1 aromatic heterocycles. The largest absolute Gasteiger partial charge is 0.492 e. The van der Waals surface area contributed by atoms with Crippen molar-refractivity contribution in [1.82, 2.24) is 15.8 Å². The first-order valence-electron chi connectivity index (χ1n) is 9.58. The topological polar surface area (TPSA) is 83.5 Å². The Morgan fingerprint density at radius 3 is 2.85 bits per heavy atom. The summed E-state index contributed by atoms with van der Waals surface area (Å²) in [7, 11) is 0. The Labute approximate surface area is 158 Å². The van der Waals surface area contributed by atoms with Crippen molar-refractivity contribution < 1.29 is 14.6 Å². The first kappa shape index (κ1) is 17.9. The predicted octanol–water partition coefficient (Wildman–Crippen LogP) is 2.82. The number of nitrogens with zero attached hydrogens (tertiary/aromatic N) is 1. The molecule has 2 heterocycles. The molecule has 2 aromatic rings. The van der Waals surface area contributed by atoms with E-state index in [0.717, 1.165) is 43.7 Å². The van der Waals surface area contributed by atoms with Crippen LogP contribution in [-0.2, 0) is 11.2 Å². The van der Waals surface area contributed by atoms with Gasteiger partial charge in [0.05, 0.1) is 30.5 Å². The van der Waals surface area contributed by atoms with Crippen molar-refractivity contribution in [2.24, 2.45) is 5.92 Å². The van der Waals surface area contributed by atoms with Crippen molar-refractivity contribution in [3.05, 3.63) is 59.4 Å². The number of rotatable bonds is 7. The maximum absolute atomic E-state index is 11.0. The summed E-state index contributed by atoms with van der Waals surface area (Å²) in [6, 6.07) is 12.7. The monoisotopic (exact) mass is 367 g/mol. The Morgan fingerprint density at radius 2 is 2.15 bits per heavy atom. The van der Waals surface area contributed by atoms with Gasteiger partial charge in [-0.05, 0) is 48.4 Å². The van der Waals surface area contributed by atoms with Crippen LogP contribution in [0.1, 0.15) is 48.0 Å². The first-order valence-corrected chi connectivity index (χ1v) is 9.58. The second-order valence-corrected chi connectivity index (χ2v) is 7.38. The van der Waals surface area contributed by atoms with Crippen LogP contribution in [0, 0.1) is 5.92 Å². The van der Waals surface area contributed by atoms with Gasteiger partial charge in [-0.25, -0.2) is 5.43 Å². The molecule has 1 aliphatic carbocycles.